The van der Waals surface area contributed by atoms with Crippen molar-refractivity contribution in [1.29, 1.82) is 0 Å². The molecule has 0 saturated heterocycles. The van der Waals surface area contributed by atoms with Crippen LogP contribution in [-0.2, 0) is 19.5 Å². The molecule has 7 nitrogen and oxygen atoms in total. The number of imidazole rings is 2. The number of fused-ring (bicyclic) bond motifs is 1. The summed E-state index contributed by atoms with van der Waals surface area (Å²) in [5.41, 5.74) is 1.71. The van der Waals surface area contributed by atoms with Crippen molar-refractivity contribution in [1.82, 2.24) is 29.7 Å². The first-order chi connectivity index (χ1) is 12.6. The zero-order chi connectivity index (χ0) is 18.5. The maximum Gasteiger partial charge on any atom is 0.317 e. The molecule has 1 aromatic carbocycles. The molecular formula is C18H23ClN6O. The van der Waals surface area contributed by atoms with Crippen molar-refractivity contribution in [2.24, 2.45) is 0 Å². The van der Waals surface area contributed by atoms with E-state index in [2.05, 4.69) is 31.8 Å². The Morgan fingerprint density at radius 2 is 2.27 bits per heavy atom. The van der Waals surface area contributed by atoms with Gasteiger partial charge in [-0.1, -0.05) is 18.5 Å². The number of carbonyl (C=O) groups is 1. The summed E-state index contributed by atoms with van der Waals surface area (Å²) >= 11 is 5.98. The summed E-state index contributed by atoms with van der Waals surface area (Å²) in [7, 11) is 1.75. The van der Waals surface area contributed by atoms with E-state index in [4.69, 9.17) is 11.6 Å². The number of hydrogen-bond acceptors (Lipinski definition) is 3. The van der Waals surface area contributed by atoms with Gasteiger partial charge >= 0.3 is 6.03 Å². The van der Waals surface area contributed by atoms with Gasteiger partial charge in [0.2, 0.25) is 0 Å². The van der Waals surface area contributed by atoms with E-state index in [9.17, 15) is 4.79 Å². The van der Waals surface area contributed by atoms with Crippen molar-refractivity contribution in [2.45, 2.75) is 32.9 Å². The van der Waals surface area contributed by atoms with E-state index in [0.717, 1.165) is 42.1 Å². The highest BCUT2D eigenvalue weighted by Gasteiger charge is 2.11. The van der Waals surface area contributed by atoms with Crippen molar-refractivity contribution in [3.8, 4) is 0 Å². The molecule has 0 aliphatic heterocycles. The van der Waals surface area contributed by atoms with Crippen LogP contribution < -0.4 is 5.32 Å². The van der Waals surface area contributed by atoms with Crippen LogP contribution in [0.5, 0.6) is 0 Å². The number of aromatic amines is 1. The van der Waals surface area contributed by atoms with Gasteiger partial charge in [-0.25, -0.2) is 14.8 Å². The monoisotopic (exact) mass is 374 g/mol. The summed E-state index contributed by atoms with van der Waals surface area (Å²) in [6.07, 6.45) is 5.54. The molecule has 2 amide bonds. The molecule has 2 N–H and O–H groups in total. The number of nitrogens with zero attached hydrogens (tertiary/aromatic N) is 4. The molecule has 138 valence electrons. The smallest absolute Gasteiger partial charge is 0.317 e. The zero-order valence-corrected chi connectivity index (χ0v) is 15.8. The summed E-state index contributed by atoms with van der Waals surface area (Å²) in [6.45, 7) is 3.94. The van der Waals surface area contributed by atoms with E-state index < -0.39 is 0 Å². The number of urea groups is 1. The quantitative estimate of drug-likeness (QED) is 0.623. The first-order valence-corrected chi connectivity index (χ1v) is 9.07. The molecule has 2 heterocycles. The largest absolute Gasteiger partial charge is 0.340 e. The Kier molecular flexibility index (Phi) is 5.78. The molecule has 0 bridgehead atoms. The van der Waals surface area contributed by atoms with E-state index in [1.807, 2.05) is 24.5 Å². The Morgan fingerprint density at radius 1 is 1.42 bits per heavy atom. The first kappa shape index (κ1) is 18.3. The van der Waals surface area contributed by atoms with Gasteiger partial charge in [-0.05, 0) is 24.6 Å². The van der Waals surface area contributed by atoms with Crippen LogP contribution in [0.25, 0.3) is 11.0 Å². The van der Waals surface area contributed by atoms with Crippen LogP contribution >= 0.6 is 11.6 Å². The first-order valence-electron chi connectivity index (χ1n) is 8.70. The molecule has 0 aliphatic carbocycles. The van der Waals surface area contributed by atoms with Gasteiger partial charge in [-0.15, -0.1) is 0 Å². The molecule has 0 unspecified atom stereocenters. The fourth-order valence-electron chi connectivity index (χ4n) is 2.84. The highest BCUT2D eigenvalue weighted by Crippen LogP contribution is 2.17. The molecule has 3 rings (SSSR count). The topological polar surface area (TPSA) is 78.8 Å². The number of H-pyrrole nitrogens is 1. The standard InChI is InChI=1S/C18H23ClN6O/c1-3-17-20-8-10-25(17)9-4-7-21-18(26)24(2)12-16-22-14-6-5-13(19)11-15(14)23-16/h5-6,8,10-11H,3-4,7,9,12H2,1-2H3,(H,21,26)(H,22,23). The molecule has 0 radical (unpaired) electrons. The second-order valence-corrected chi connectivity index (χ2v) is 6.61. The molecule has 3 aromatic rings. The van der Waals surface area contributed by atoms with Gasteiger partial charge in [0, 0.05) is 44.0 Å². The Hall–Kier alpha value is -2.54. The molecule has 0 fully saturated rings. The van der Waals surface area contributed by atoms with Gasteiger partial charge in [-0.2, -0.15) is 0 Å². The lowest BCUT2D eigenvalue weighted by Gasteiger charge is -2.16. The predicted octanol–water partition coefficient (Wildman–Crippen LogP) is 3.21. The van der Waals surface area contributed by atoms with E-state index in [-0.39, 0.29) is 6.03 Å². The number of amides is 2. The van der Waals surface area contributed by atoms with Crippen molar-refractivity contribution >= 4 is 28.7 Å². The summed E-state index contributed by atoms with van der Waals surface area (Å²) in [6, 6.07) is 5.37. The molecule has 0 atom stereocenters. The third kappa shape index (κ3) is 4.35. The number of aromatic nitrogens is 4. The predicted molar refractivity (Wildman–Crippen MR) is 102 cm³/mol. The third-order valence-electron chi connectivity index (χ3n) is 4.20. The van der Waals surface area contributed by atoms with Gasteiger partial charge in [0.25, 0.3) is 0 Å². The van der Waals surface area contributed by atoms with Crippen LogP contribution in [0, 0.1) is 0 Å². The molecule has 0 spiro atoms. The third-order valence-corrected chi connectivity index (χ3v) is 4.43. The number of aryl methyl sites for hydroxylation is 2. The molecule has 0 saturated carbocycles. The minimum Gasteiger partial charge on any atom is -0.340 e. The van der Waals surface area contributed by atoms with Crippen molar-refractivity contribution in [3.05, 3.63) is 47.3 Å². The Bertz CT molecular complexity index is 887. The maximum absolute atomic E-state index is 12.2. The second kappa shape index (κ2) is 8.23. The normalized spacial score (nSPS) is 11.0. The Morgan fingerprint density at radius 3 is 3.08 bits per heavy atom. The highest BCUT2D eigenvalue weighted by molar-refractivity contribution is 6.31. The van der Waals surface area contributed by atoms with Crippen molar-refractivity contribution < 1.29 is 4.79 Å². The lowest BCUT2D eigenvalue weighted by Crippen LogP contribution is -2.37. The van der Waals surface area contributed by atoms with Crippen LogP contribution in [0.2, 0.25) is 5.02 Å². The number of benzene rings is 1. The lowest BCUT2D eigenvalue weighted by atomic mass is 10.3. The van der Waals surface area contributed by atoms with E-state index in [1.165, 1.54) is 0 Å². The number of hydrogen-bond donors (Lipinski definition) is 2. The average Bonchev–Trinajstić information content (AvgIpc) is 3.23. The van der Waals surface area contributed by atoms with E-state index in [0.29, 0.717) is 18.1 Å². The van der Waals surface area contributed by atoms with Crippen LogP contribution in [0.1, 0.15) is 25.0 Å². The minimum atomic E-state index is -0.121. The summed E-state index contributed by atoms with van der Waals surface area (Å²) < 4.78 is 2.12. The number of halogens is 1. The van der Waals surface area contributed by atoms with Gasteiger partial charge in [-0.3, -0.25) is 0 Å². The zero-order valence-electron chi connectivity index (χ0n) is 15.0. The van der Waals surface area contributed by atoms with Gasteiger partial charge in [0.15, 0.2) is 0 Å². The van der Waals surface area contributed by atoms with Gasteiger partial charge in [0.1, 0.15) is 11.6 Å². The molecule has 2 aromatic heterocycles. The average molecular weight is 375 g/mol. The summed E-state index contributed by atoms with van der Waals surface area (Å²) in [5, 5.41) is 3.59. The van der Waals surface area contributed by atoms with Gasteiger partial charge in [0.05, 0.1) is 17.6 Å². The van der Waals surface area contributed by atoms with Crippen LogP contribution in [0.3, 0.4) is 0 Å². The van der Waals surface area contributed by atoms with E-state index in [1.54, 1.807) is 18.0 Å². The SMILES string of the molecule is CCc1nccn1CCCNC(=O)N(C)Cc1nc2ccc(Cl)cc2[nH]1. The molecule has 8 heteroatoms. The number of rotatable bonds is 7. The number of nitrogens with one attached hydrogen (secondary N) is 2. The Balaban J connectivity index is 1.46. The Labute approximate surface area is 157 Å². The highest BCUT2D eigenvalue weighted by atomic mass is 35.5. The number of carbonyl (C=O) groups excluding carboxylic acids is 1. The van der Waals surface area contributed by atoms with Crippen molar-refractivity contribution in [3.63, 3.8) is 0 Å². The van der Waals surface area contributed by atoms with Crippen LogP contribution in [0.15, 0.2) is 30.6 Å². The summed E-state index contributed by atoms with van der Waals surface area (Å²) in [5.74, 6) is 1.80. The maximum atomic E-state index is 12.2. The fraction of sp³-hybridized carbons (Fsp3) is 0.389. The summed E-state index contributed by atoms with van der Waals surface area (Å²) in [4.78, 5) is 25.8. The molecule has 0 aliphatic rings. The van der Waals surface area contributed by atoms with E-state index >= 15 is 0 Å². The minimum absolute atomic E-state index is 0.121. The molecule has 26 heavy (non-hydrogen) atoms. The lowest BCUT2D eigenvalue weighted by molar-refractivity contribution is 0.205. The van der Waals surface area contributed by atoms with Gasteiger partial charge < -0.3 is 19.8 Å². The van der Waals surface area contributed by atoms with Crippen LogP contribution in [-0.4, -0.2) is 44.0 Å². The second-order valence-electron chi connectivity index (χ2n) is 6.18. The van der Waals surface area contributed by atoms with Crippen LogP contribution in [0.4, 0.5) is 4.79 Å². The van der Waals surface area contributed by atoms with Crippen molar-refractivity contribution in [2.75, 3.05) is 13.6 Å². The molecular weight excluding hydrogens is 352 g/mol. The fourth-order valence-corrected chi connectivity index (χ4v) is 3.02.